The number of hydrogen-bond donors (Lipinski definition) is 0. The van der Waals surface area contributed by atoms with Crippen molar-refractivity contribution in [2.24, 2.45) is 5.92 Å². The van der Waals surface area contributed by atoms with Gasteiger partial charge in [0.15, 0.2) is 0 Å². The van der Waals surface area contributed by atoms with Crippen LogP contribution in [0.15, 0.2) is 24.3 Å². The van der Waals surface area contributed by atoms with Gasteiger partial charge in [-0.15, -0.1) is 0 Å². The number of aromatic nitrogens is 2. The number of Topliss-reactive ketones (excluding diaryl/α,β-unsaturated/α-hetero) is 1. The Morgan fingerprint density at radius 3 is 2.45 bits per heavy atom. The Kier molecular flexibility index (Phi) is 5.56. The molecular formula is C21H24F3N3O2. The first-order valence-electron chi connectivity index (χ1n) is 9.59. The van der Waals surface area contributed by atoms with E-state index in [0.717, 1.165) is 25.0 Å². The highest BCUT2D eigenvalue weighted by Gasteiger charge is 2.37. The second kappa shape index (κ2) is 7.65. The second-order valence-electron chi connectivity index (χ2n) is 7.92. The van der Waals surface area contributed by atoms with Crippen molar-refractivity contribution in [3.8, 4) is 5.69 Å². The van der Waals surface area contributed by atoms with Crippen molar-refractivity contribution in [1.29, 1.82) is 0 Å². The summed E-state index contributed by atoms with van der Waals surface area (Å²) in [5.41, 5.74) is 0.206. The van der Waals surface area contributed by atoms with Crippen molar-refractivity contribution in [3.05, 3.63) is 46.8 Å². The standard InChI is InChI=1S/C21H24F3N3O2/c1-12(2)11-26(16-8-9-16)20(29)19(28)18-13(3)25-27(14(18)4)17-7-5-6-15(10-17)21(22,23)24/h5-7,10,12,16H,8-9,11H2,1-4H3. The van der Waals surface area contributed by atoms with E-state index in [0.29, 0.717) is 17.9 Å². The smallest absolute Gasteiger partial charge is 0.333 e. The topological polar surface area (TPSA) is 55.2 Å². The molecule has 0 spiro atoms. The monoisotopic (exact) mass is 407 g/mol. The molecule has 0 unspecified atom stereocenters. The van der Waals surface area contributed by atoms with E-state index in [-0.39, 0.29) is 23.2 Å². The van der Waals surface area contributed by atoms with E-state index in [4.69, 9.17) is 0 Å². The molecule has 1 saturated carbocycles. The van der Waals surface area contributed by atoms with E-state index in [1.807, 2.05) is 13.8 Å². The van der Waals surface area contributed by atoms with E-state index in [2.05, 4.69) is 5.10 Å². The highest BCUT2D eigenvalue weighted by atomic mass is 19.4. The molecule has 2 aromatic rings. The number of nitrogens with zero attached hydrogens (tertiary/aromatic N) is 3. The number of carbonyl (C=O) groups is 2. The maximum atomic E-state index is 13.0. The second-order valence-corrected chi connectivity index (χ2v) is 7.92. The van der Waals surface area contributed by atoms with Gasteiger partial charge in [0.2, 0.25) is 0 Å². The molecule has 1 aliphatic carbocycles. The van der Waals surface area contributed by atoms with Crippen LogP contribution in [0, 0.1) is 19.8 Å². The van der Waals surface area contributed by atoms with Gasteiger partial charge in [0, 0.05) is 12.6 Å². The van der Waals surface area contributed by atoms with E-state index in [1.54, 1.807) is 18.7 Å². The summed E-state index contributed by atoms with van der Waals surface area (Å²) in [5, 5.41) is 4.25. The summed E-state index contributed by atoms with van der Waals surface area (Å²) in [7, 11) is 0. The highest BCUT2D eigenvalue weighted by Crippen LogP contribution is 2.31. The largest absolute Gasteiger partial charge is 0.416 e. The summed E-state index contributed by atoms with van der Waals surface area (Å²) in [4.78, 5) is 27.5. The summed E-state index contributed by atoms with van der Waals surface area (Å²) < 4.78 is 40.4. The Hall–Kier alpha value is -2.64. The zero-order valence-corrected chi connectivity index (χ0v) is 16.9. The molecule has 5 nitrogen and oxygen atoms in total. The summed E-state index contributed by atoms with van der Waals surface area (Å²) in [5.74, 6) is -1.01. The molecule has 0 atom stereocenters. The van der Waals surface area contributed by atoms with Crippen LogP contribution in [0.2, 0.25) is 0 Å². The molecule has 0 N–H and O–H groups in total. The van der Waals surface area contributed by atoms with E-state index in [9.17, 15) is 22.8 Å². The van der Waals surface area contributed by atoms with Gasteiger partial charge in [-0.3, -0.25) is 9.59 Å². The zero-order chi connectivity index (χ0) is 21.5. The molecule has 1 fully saturated rings. The molecule has 1 aromatic heterocycles. The quantitative estimate of drug-likeness (QED) is 0.529. The van der Waals surface area contributed by atoms with Crippen LogP contribution in [-0.2, 0) is 11.0 Å². The van der Waals surface area contributed by atoms with Gasteiger partial charge in [-0.25, -0.2) is 4.68 Å². The molecule has 1 aliphatic rings. The Balaban J connectivity index is 1.95. The predicted octanol–water partition coefficient (Wildman–Crippen LogP) is 4.34. The molecule has 0 bridgehead atoms. The molecule has 0 radical (unpaired) electrons. The maximum Gasteiger partial charge on any atom is 0.416 e. The lowest BCUT2D eigenvalue weighted by Gasteiger charge is -2.23. The lowest BCUT2D eigenvalue weighted by molar-refractivity contribution is -0.137. The molecule has 1 amide bonds. The molecular weight excluding hydrogens is 383 g/mol. The average Bonchev–Trinajstić information content (AvgIpc) is 3.43. The first-order valence-corrected chi connectivity index (χ1v) is 9.59. The van der Waals surface area contributed by atoms with Gasteiger partial charge in [-0.1, -0.05) is 19.9 Å². The van der Waals surface area contributed by atoms with Gasteiger partial charge in [0.05, 0.1) is 28.2 Å². The highest BCUT2D eigenvalue weighted by molar-refractivity contribution is 6.43. The number of carbonyl (C=O) groups excluding carboxylic acids is 2. The molecule has 1 heterocycles. The van der Waals surface area contributed by atoms with Crippen molar-refractivity contribution >= 4 is 11.7 Å². The van der Waals surface area contributed by atoms with Gasteiger partial charge in [0.25, 0.3) is 11.7 Å². The normalized spacial score (nSPS) is 14.3. The molecule has 0 aliphatic heterocycles. The Bertz CT molecular complexity index is 943. The number of benzene rings is 1. The number of ketones is 1. The van der Waals surface area contributed by atoms with Crippen LogP contribution in [0.1, 0.15) is 54.0 Å². The fourth-order valence-corrected chi connectivity index (χ4v) is 3.45. The minimum atomic E-state index is -4.48. The lowest BCUT2D eigenvalue weighted by atomic mass is 10.1. The fourth-order valence-electron chi connectivity index (χ4n) is 3.45. The molecule has 0 saturated heterocycles. The molecule has 1 aromatic carbocycles. The van der Waals surface area contributed by atoms with Crippen LogP contribution >= 0.6 is 0 Å². The zero-order valence-electron chi connectivity index (χ0n) is 16.9. The minimum absolute atomic E-state index is 0.0907. The number of aryl methyl sites for hydroxylation is 1. The van der Waals surface area contributed by atoms with Gasteiger partial charge < -0.3 is 4.90 Å². The van der Waals surface area contributed by atoms with Crippen molar-refractivity contribution in [1.82, 2.24) is 14.7 Å². The van der Waals surface area contributed by atoms with Crippen molar-refractivity contribution in [2.45, 2.75) is 52.8 Å². The van der Waals surface area contributed by atoms with Crippen LogP contribution in [-0.4, -0.2) is 39.0 Å². The van der Waals surface area contributed by atoms with Crippen LogP contribution in [0.3, 0.4) is 0 Å². The van der Waals surface area contributed by atoms with Gasteiger partial charge in [-0.05, 0) is 50.8 Å². The Labute approximate surface area is 167 Å². The maximum absolute atomic E-state index is 13.0. The van der Waals surface area contributed by atoms with Crippen molar-refractivity contribution < 1.29 is 22.8 Å². The first kappa shape index (κ1) is 21.1. The van der Waals surface area contributed by atoms with E-state index in [1.165, 1.54) is 16.8 Å². The number of alkyl halides is 3. The summed E-state index contributed by atoms with van der Waals surface area (Å²) in [6.07, 6.45) is -2.72. The summed E-state index contributed by atoms with van der Waals surface area (Å²) in [6, 6.07) is 4.82. The average molecular weight is 407 g/mol. The minimum Gasteiger partial charge on any atom is -0.333 e. The number of halogens is 3. The lowest BCUT2D eigenvalue weighted by Crippen LogP contribution is -2.40. The fraction of sp³-hybridized carbons (Fsp3) is 0.476. The Morgan fingerprint density at radius 1 is 1.24 bits per heavy atom. The van der Waals surface area contributed by atoms with Gasteiger partial charge >= 0.3 is 6.18 Å². The molecule has 29 heavy (non-hydrogen) atoms. The summed E-state index contributed by atoms with van der Waals surface area (Å²) in [6.45, 7) is 7.63. The summed E-state index contributed by atoms with van der Waals surface area (Å²) >= 11 is 0. The van der Waals surface area contributed by atoms with Gasteiger partial charge in [0.1, 0.15) is 0 Å². The van der Waals surface area contributed by atoms with Gasteiger partial charge in [-0.2, -0.15) is 18.3 Å². The van der Waals surface area contributed by atoms with Crippen LogP contribution in [0.5, 0.6) is 0 Å². The van der Waals surface area contributed by atoms with Crippen LogP contribution < -0.4 is 0 Å². The third-order valence-corrected chi connectivity index (χ3v) is 4.94. The van der Waals surface area contributed by atoms with Crippen LogP contribution in [0.25, 0.3) is 5.69 Å². The number of rotatable bonds is 6. The Morgan fingerprint density at radius 2 is 1.90 bits per heavy atom. The first-order chi connectivity index (χ1) is 13.5. The molecule has 156 valence electrons. The SMILES string of the molecule is Cc1nn(-c2cccc(C(F)(F)F)c2)c(C)c1C(=O)C(=O)N(CC(C)C)C1CC1. The number of hydrogen-bond acceptors (Lipinski definition) is 3. The third kappa shape index (κ3) is 4.36. The number of amides is 1. The van der Waals surface area contributed by atoms with Crippen LogP contribution in [0.4, 0.5) is 13.2 Å². The van der Waals surface area contributed by atoms with E-state index < -0.39 is 23.4 Å². The van der Waals surface area contributed by atoms with E-state index >= 15 is 0 Å². The molecule has 3 rings (SSSR count). The third-order valence-electron chi connectivity index (χ3n) is 4.94. The predicted molar refractivity (Wildman–Crippen MR) is 102 cm³/mol. The van der Waals surface area contributed by atoms with Crippen molar-refractivity contribution in [2.75, 3.05) is 6.54 Å². The van der Waals surface area contributed by atoms with Crippen molar-refractivity contribution in [3.63, 3.8) is 0 Å². The molecule has 8 heteroatoms.